The zero-order valence-electron chi connectivity index (χ0n) is 13.9. The first-order chi connectivity index (χ1) is 12.6. The van der Waals surface area contributed by atoms with E-state index in [9.17, 15) is 4.79 Å². The summed E-state index contributed by atoms with van der Waals surface area (Å²) in [5.41, 5.74) is 2.78. The number of nitrogens with zero attached hydrogens (tertiary/aromatic N) is 1. The molecular weight excluding hydrogens is 365 g/mol. The number of benzene rings is 3. The van der Waals surface area contributed by atoms with Crippen molar-refractivity contribution < 1.29 is 4.79 Å². The third-order valence-electron chi connectivity index (χ3n) is 4.87. The van der Waals surface area contributed by atoms with Crippen molar-refractivity contribution >= 4 is 45.6 Å². The molecule has 0 fully saturated rings. The van der Waals surface area contributed by atoms with Crippen molar-refractivity contribution in [2.24, 2.45) is 0 Å². The lowest BCUT2D eigenvalue weighted by Gasteiger charge is -2.34. The van der Waals surface area contributed by atoms with E-state index in [1.165, 1.54) is 0 Å². The first-order valence-corrected chi connectivity index (χ1v) is 9.06. The average Bonchev–Trinajstić information content (AvgIpc) is 2.65. The van der Waals surface area contributed by atoms with Gasteiger partial charge in [0.05, 0.1) is 16.6 Å². The van der Waals surface area contributed by atoms with Crippen LogP contribution in [0.1, 0.15) is 23.5 Å². The molecule has 1 aliphatic rings. The van der Waals surface area contributed by atoms with Crippen LogP contribution in [0.25, 0.3) is 10.8 Å². The molecule has 0 aromatic heterocycles. The van der Waals surface area contributed by atoms with E-state index < -0.39 is 0 Å². The van der Waals surface area contributed by atoms with Crippen molar-refractivity contribution in [2.75, 3.05) is 11.4 Å². The lowest BCUT2D eigenvalue weighted by molar-refractivity contribution is -0.119. The van der Waals surface area contributed by atoms with E-state index in [-0.39, 0.29) is 18.4 Å². The van der Waals surface area contributed by atoms with Gasteiger partial charge >= 0.3 is 0 Å². The number of terminal acetylenes is 1. The van der Waals surface area contributed by atoms with Crippen LogP contribution in [0.5, 0.6) is 0 Å². The van der Waals surface area contributed by atoms with Gasteiger partial charge in [0.1, 0.15) is 0 Å². The Morgan fingerprint density at radius 1 is 1.08 bits per heavy atom. The van der Waals surface area contributed by atoms with Gasteiger partial charge in [0.25, 0.3) is 0 Å². The maximum atomic E-state index is 12.8. The van der Waals surface area contributed by atoms with Gasteiger partial charge < -0.3 is 4.90 Å². The molecule has 0 radical (unpaired) electrons. The molecule has 0 bridgehead atoms. The predicted octanol–water partition coefficient (Wildman–Crippen LogP) is 5.65. The third kappa shape index (κ3) is 2.65. The molecule has 0 saturated carbocycles. The lowest BCUT2D eigenvalue weighted by Crippen LogP contribution is -2.37. The number of carbonyl (C=O) groups is 1. The highest BCUT2D eigenvalue weighted by Gasteiger charge is 2.34. The van der Waals surface area contributed by atoms with Crippen LogP contribution in [0.2, 0.25) is 10.0 Å². The van der Waals surface area contributed by atoms with E-state index >= 15 is 0 Å². The molecule has 1 aliphatic heterocycles. The van der Waals surface area contributed by atoms with Gasteiger partial charge in [-0.2, -0.15) is 0 Å². The van der Waals surface area contributed by atoms with E-state index in [0.717, 1.165) is 27.6 Å². The Labute approximate surface area is 162 Å². The molecule has 1 atom stereocenters. The van der Waals surface area contributed by atoms with Gasteiger partial charge in [-0.1, -0.05) is 71.6 Å². The molecule has 0 N–H and O–H groups in total. The van der Waals surface area contributed by atoms with Crippen LogP contribution in [0.4, 0.5) is 5.69 Å². The van der Waals surface area contributed by atoms with Crippen LogP contribution in [0.15, 0.2) is 54.6 Å². The van der Waals surface area contributed by atoms with Crippen molar-refractivity contribution in [2.45, 2.75) is 12.3 Å². The summed E-state index contributed by atoms with van der Waals surface area (Å²) in [4.78, 5) is 14.5. The van der Waals surface area contributed by atoms with Gasteiger partial charge in [0.15, 0.2) is 0 Å². The van der Waals surface area contributed by atoms with Gasteiger partial charge in [0.2, 0.25) is 5.91 Å². The van der Waals surface area contributed by atoms with Crippen LogP contribution in [0.3, 0.4) is 0 Å². The summed E-state index contributed by atoms with van der Waals surface area (Å²) >= 11 is 12.7. The monoisotopic (exact) mass is 379 g/mol. The predicted molar refractivity (Wildman–Crippen MR) is 108 cm³/mol. The van der Waals surface area contributed by atoms with Crippen molar-refractivity contribution in [3.63, 3.8) is 0 Å². The summed E-state index contributed by atoms with van der Waals surface area (Å²) in [6, 6.07) is 17.7. The first kappa shape index (κ1) is 17.0. The van der Waals surface area contributed by atoms with Gasteiger partial charge in [-0.25, -0.2) is 0 Å². The number of hydrogen-bond donors (Lipinski definition) is 0. The topological polar surface area (TPSA) is 20.3 Å². The van der Waals surface area contributed by atoms with E-state index in [1.807, 2.05) is 36.4 Å². The van der Waals surface area contributed by atoms with Gasteiger partial charge in [0, 0.05) is 18.0 Å². The summed E-state index contributed by atoms with van der Waals surface area (Å²) in [6.45, 7) is 0.250. The molecule has 1 unspecified atom stereocenters. The largest absolute Gasteiger partial charge is 0.300 e. The first-order valence-electron chi connectivity index (χ1n) is 8.31. The SMILES string of the molecule is C#CCN1C(=O)CC(c2cccc(Cl)c2Cl)c2c1ccc1ccccc21. The fraction of sp³-hybridized carbons (Fsp3) is 0.136. The summed E-state index contributed by atoms with van der Waals surface area (Å²) in [5, 5.41) is 3.20. The summed E-state index contributed by atoms with van der Waals surface area (Å²) in [5.74, 6) is 2.42. The smallest absolute Gasteiger partial charge is 0.228 e. The highest BCUT2D eigenvalue weighted by molar-refractivity contribution is 6.42. The molecule has 4 rings (SSSR count). The molecule has 3 aromatic rings. The Kier molecular flexibility index (Phi) is 4.36. The van der Waals surface area contributed by atoms with E-state index in [1.54, 1.807) is 11.0 Å². The van der Waals surface area contributed by atoms with E-state index in [2.05, 4.69) is 18.1 Å². The van der Waals surface area contributed by atoms with Gasteiger partial charge in [-0.15, -0.1) is 6.42 Å². The molecule has 128 valence electrons. The molecular formula is C22H15Cl2NO. The van der Waals surface area contributed by atoms with Crippen molar-refractivity contribution in [3.05, 3.63) is 75.8 Å². The molecule has 1 heterocycles. The average molecular weight is 380 g/mol. The fourth-order valence-corrected chi connectivity index (χ4v) is 4.17. The Hall–Kier alpha value is -2.47. The Morgan fingerprint density at radius 3 is 2.69 bits per heavy atom. The third-order valence-corrected chi connectivity index (χ3v) is 5.71. The van der Waals surface area contributed by atoms with E-state index in [4.69, 9.17) is 29.6 Å². The molecule has 26 heavy (non-hydrogen) atoms. The number of carbonyl (C=O) groups excluding carboxylic acids is 1. The van der Waals surface area contributed by atoms with Gasteiger partial charge in [-0.3, -0.25) is 4.79 Å². The normalized spacial score (nSPS) is 16.4. The molecule has 0 aliphatic carbocycles. The van der Waals surface area contributed by atoms with Gasteiger partial charge in [-0.05, 0) is 34.0 Å². The van der Waals surface area contributed by atoms with Crippen LogP contribution < -0.4 is 4.90 Å². The van der Waals surface area contributed by atoms with Crippen LogP contribution in [-0.2, 0) is 4.79 Å². The zero-order valence-corrected chi connectivity index (χ0v) is 15.4. The number of amides is 1. The highest BCUT2D eigenvalue weighted by Crippen LogP contribution is 2.46. The quantitative estimate of drug-likeness (QED) is 0.526. The number of anilines is 1. The second-order valence-electron chi connectivity index (χ2n) is 6.30. The van der Waals surface area contributed by atoms with E-state index in [0.29, 0.717) is 16.5 Å². The van der Waals surface area contributed by atoms with Crippen LogP contribution >= 0.6 is 23.2 Å². The van der Waals surface area contributed by atoms with Crippen molar-refractivity contribution in [1.29, 1.82) is 0 Å². The Bertz CT molecular complexity index is 1070. The van der Waals surface area contributed by atoms with Crippen molar-refractivity contribution in [3.8, 4) is 12.3 Å². The molecule has 3 aromatic carbocycles. The molecule has 4 heteroatoms. The summed E-state index contributed by atoms with van der Waals surface area (Å²) in [6.07, 6.45) is 5.81. The second-order valence-corrected chi connectivity index (χ2v) is 7.09. The van der Waals surface area contributed by atoms with Crippen LogP contribution in [-0.4, -0.2) is 12.5 Å². The molecule has 1 amide bonds. The number of rotatable bonds is 2. The Morgan fingerprint density at radius 2 is 1.88 bits per heavy atom. The Balaban J connectivity index is 2.03. The lowest BCUT2D eigenvalue weighted by atomic mass is 9.81. The second kappa shape index (κ2) is 6.68. The molecule has 0 saturated heterocycles. The minimum atomic E-state index is -0.163. The summed E-state index contributed by atoms with van der Waals surface area (Å²) in [7, 11) is 0. The number of hydrogen-bond acceptors (Lipinski definition) is 1. The fourth-order valence-electron chi connectivity index (χ4n) is 3.73. The number of fused-ring (bicyclic) bond motifs is 3. The maximum Gasteiger partial charge on any atom is 0.228 e. The van der Waals surface area contributed by atoms with Crippen LogP contribution in [0, 0.1) is 12.3 Å². The molecule has 2 nitrogen and oxygen atoms in total. The molecule has 0 spiro atoms. The summed E-state index contributed by atoms with van der Waals surface area (Å²) < 4.78 is 0. The minimum Gasteiger partial charge on any atom is -0.300 e. The maximum absolute atomic E-state index is 12.8. The standard InChI is InChI=1S/C22H15Cl2NO/c1-2-12-25-19-11-10-14-6-3-4-7-15(14)21(19)17(13-20(25)26)16-8-5-9-18(23)22(16)24/h1,3-11,17H,12-13H2. The number of halogens is 2. The zero-order chi connectivity index (χ0) is 18.3. The minimum absolute atomic E-state index is 0.00762. The van der Waals surface area contributed by atoms with Crippen molar-refractivity contribution in [1.82, 2.24) is 0 Å². The highest BCUT2D eigenvalue weighted by atomic mass is 35.5.